The number of hydrogen-bond acceptors (Lipinski definition) is 1. The van der Waals surface area contributed by atoms with Gasteiger partial charge in [0.1, 0.15) is 0 Å². The molecule has 0 radical (unpaired) electrons. The van der Waals surface area contributed by atoms with Crippen LogP contribution in [0.5, 0.6) is 0 Å². The van der Waals surface area contributed by atoms with Crippen molar-refractivity contribution in [1.29, 1.82) is 0 Å². The average molecular weight is 142 g/mol. The van der Waals surface area contributed by atoms with Gasteiger partial charge in [-0.15, -0.1) is 0 Å². The molecule has 0 aromatic rings. The van der Waals surface area contributed by atoms with Crippen LogP contribution in [-0.2, 0) is 0 Å². The van der Waals surface area contributed by atoms with E-state index < -0.39 is 0 Å². The topological polar surface area (TPSA) is 20.2 Å². The molecule has 0 aromatic carbocycles. The lowest BCUT2D eigenvalue weighted by molar-refractivity contribution is 0.261. The summed E-state index contributed by atoms with van der Waals surface area (Å²) in [6, 6.07) is 0. The summed E-state index contributed by atoms with van der Waals surface area (Å²) in [5, 5.41) is 8.61. The van der Waals surface area contributed by atoms with Gasteiger partial charge in [0.25, 0.3) is 0 Å². The van der Waals surface area contributed by atoms with Gasteiger partial charge in [-0.3, -0.25) is 0 Å². The van der Waals surface area contributed by atoms with E-state index in [4.69, 9.17) is 5.11 Å². The summed E-state index contributed by atoms with van der Waals surface area (Å²) in [6.45, 7) is 2.72. The van der Waals surface area contributed by atoms with E-state index in [9.17, 15) is 0 Å². The van der Waals surface area contributed by atoms with E-state index in [1.807, 2.05) is 0 Å². The molecule has 1 aliphatic rings. The molecule has 2 atom stereocenters. The molecule has 0 amide bonds. The molecule has 10 heavy (non-hydrogen) atoms. The Hall–Kier alpha value is -0.0400. The van der Waals surface area contributed by atoms with Gasteiger partial charge in [-0.1, -0.05) is 26.2 Å². The molecule has 0 saturated heterocycles. The maximum atomic E-state index is 8.61. The lowest BCUT2D eigenvalue weighted by Crippen LogP contribution is -2.04. The van der Waals surface area contributed by atoms with Gasteiger partial charge in [-0.2, -0.15) is 0 Å². The van der Waals surface area contributed by atoms with E-state index in [2.05, 4.69) is 6.92 Å². The number of aliphatic hydroxyl groups excluding tert-OH is 1. The fraction of sp³-hybridized carbons (Fsp3) is 1.00. The SMILES string of the molecule is C[C@H]1CCC[C@H]1CCCO. The first-order valence-electron chi connectivity index (χ1n) is 4.45. The molecule has 1 aliphatic carbocycles. The molecule has 1 saturated carbocycles. The van der Waals surface area contributed by atoms with Crippen LogP contribution in [0.3, 0.4) is 0 Å². The van der Waals surface area contributed by atoms with E-state index in [0.717, 1.165) is 18.3 Å². The Morgan fingerprint density at radius 2 is 2.20 bits per heavy atom. The zero-order valence-electron chi connectivity index (χ0n) is 6.84. The minimum atomic E-state index is 0.378. The number of hydrogen-bond donors (Lipinski definition) is 1. The third kappa shape index (κ3) is 1.98. The molecule has 0 aliphatic heterocycles. The first-order valence-corrected chi connectivity index (χ1v) is 4.45. The minimum Gasteiger partial charge on any atom is -0.396 e. The lowest BCUT2D eigenvalue weighted by atomic mass is 9.93. The molecule has 0 aromatic heterocycles. The Balaban J connectivity index is 2.14. The van der Waals surface area contributed by atoms with Crippen molar-refractivity contribution in [3.63, 3.8) is 0 Å². The number of aliphatic hydroxyl groups is 1. The highest BCUT2D eigenvalue weighted by molar-refractivity contribution is 4.73. The summed E-state index contributed by atoms with van der Waals surface area (Å²) in [5.74, 6) is 1.85. The molecule has 1 fully saturated rings. The summed E-state index contributed by atoms with van der Waals surface area (Å²) in [7, 11) is 0. The summed E-state index contributed by atoms with van der Waals surface area (Å²) < 4.78 is 0. The molecule has 0 heterocycles. The standard InChI is InChI=1S/C9H18O/c1-8-4-2-5-9(8)6-3-7-10/h8-10H,2-7H2,1H3/t8-,9-/m0/s1. The van der Waals surface area contributed by atoms with Crippen molar-refractivity contribution in [2.75, 3.05) is 6.61 Å². The Labute approximate surface area is 63.4 Å². The Bertz CT molecular complexity index is 90.7. The van der Waals surface area contributed by atoms with Gasteiger partial charge in [0.15, 0.2) is 0 Å². The summed E-state index contributed by atoms with van der Waals surface area (Å²) in [4.78, 5) is 0. The van der Waals surface area contributed by atoms with E-state index in [1.54, 1.807) is 0 Å². The summed E-state index contributed by atoms with van der Waals surface area (Å²) in [5.41, 5.74) is 0. The molecule has 0 bridgehead atoms. The Morgan fingerprint density at radius 1 is 1.40 bits per heavy atom. The van der Waals surface area contributed by atoms with Gasteiger partial charge in [-0.05, 0) is 24.7 Å². The highest BCUT2D eigenvalue weighted by Crippen LogP contribution is 2.33. The maximum Gasteiger partial charge on any atom is 0.0431 e. The van der Waals surface area contributed by atoms with Gasteiger partial charge < -0.3 is 5.11 Å². The third-order valence-corrected chi connectivity index (χ3v) is 2.77. The highest BCUT2D eigenvalue weighted by atomic mass is 16.2. The van der Waals surface area contributed by atoms with Crippen LogP contribution in [0.25, 0.3) is 0 Å². The van der Waals surface area contributed by atoms with Crippen LogP contribution in [0.1, 0.15) is 39.0 Å². The largest absolute Gasteiger partial charge is 0.396 e. The fourth-order valence-corrected chi connectivity index (χ4v) is 2.00. The van der Waals surface area contributed by atoms with Crippen LogP contribution in [0, 0.1) is 11.8 Å². The second kappa shape index (κ2) is 3.97. The Morgan fingerprint density at radius 3 is 2.70 bits per heavy atom. The molecular weight excluding hydrogens is 124 g/mol. The van der Waals surface area contributed by atoms with E-state index in [-0.39, 0.29) is 0 Å². The fourth-order valence-electron chi connectivity index (χ4n) is 2.00. The molecule has 0 unspecified atom stereocenters. The van der Waals surface area contributed by atoms with E-state index in [1.165, 1.54) is 25.7 Å². The normalized spacial score (nSPS) is 33.0. The van der Waals surface area contributed by atoms with Crippen LogP contribution in [-0.4, -0.2) is 11.7 Å². The second-order valence-corrected chi connectivity index (χ2v) is 3.53. The zero-order valence-corrected chi connectivity index (χ0v) is 6.84. The van der Waals surface area contributed by atoms with Gasteiger partial charge in [0.05, 0.1) is 0 Å². The first-order chi connectivity index (χ1) is 4.84. The quantitative estimate of drug-likeness (QED) is 0.640. The molecule has 1 heteroatoms. The summed E-state index contributed by atoms with van der Waals surface area (Å²) >= 11 is 0. The zero-order chi connectivity index (χ0) is 7.40. The Kier molecular flexibility index (Phi) is 3.20. The van der Waals surface area contributed by atoms with Crippen molar-refractivity contribution in [2.24, 2.45) is 11.8 Å². The molecular formula is C9H18O. The van der Waals surface area contributed by atoms with Crippen molar-refractivity contribution in [3.05, 3.63) is 0 Å². The smallest absolute Gasteiger partial charge is 0.0431 e. The number of rotatable bonds is 3. The molecule has 1 N–H and O–H groups in total. The van der Waals surface area contributed by atoms with Crippen molar-refractivity contribution in [1.82, 2.24) is 0 Å². The minimum absolute atomic E-state index is 0.378. The van der Waals surface area contributed by atoms with Crippen LogP contribution in [0.4, 0.5) is 0 Å². The van der Waals surface area contributed by atoms with Crippen molar-refractivity contribution >= 4 is 0 Å². The van der Waals surface area contributed by atoms with E-state index >= 15 is 0 Å². The molecule has 0 spiro atoms. The predicted octanol–water partition coefficient (Wildman–Crippen LogP) is 2.20. The lowest BCUT2D eigenvalue weighted by Gasteiger charge is -2.13. The monoisotopic (exact) mass is 142 g/mol. The van der Waals surface area contributed by atoms with Crippen molar-refractivity contribution in [2.45, 2.75) is 39.0 Å². The summed E-state index contributed by atoms with van der Waals surface area (Å²) in [6.07, 6.45) is 6.49. The predicted molar refractivity (Wildman–Crippen MR) is 42.8 cm³/mol. The van der Waals surface area contributed by atoms with Crippen molar-refractivity contribution < 1.29 is 5.11 Å². The van der Waals surface area contributed by atoms with Crippen LogP contribution in [0.2, 0.25) is 0 Å². The average Bonchev–Trinajstić information content (AvgIpc) is 2.31. The maximum absolute atomic E-state index is 8.61. The van der Waals surface area contributed by atoms with Gasteiger partial charge in [-0.25, -0.2) is 0 Å². The van der Waals surface area contributed by atoms with Crippen LogP contribution < -0.4 is 0 Å². The van der Waals surface area contributed by atoms with Gasteiger partial charge >= 0.3 is 0 Å². The van der Waals surface area contributed by atoms with Gasteiger partial charge in [0.2, 0.25) is 0 Å². The third-order valence-electron chi connectivity index (χ3n) is 2.77. The second-order valence-electron chi connectivity index (χ2n) is 3.53. The first kappa shape index (κ1) is 8.06. The molecule has 1 rings (SSSR count). The molecule has 1 nitrogen and oxygen atoms in total. The van der Waals surface area contributed by atoms with Crippen LogP contribution >= 0.6 is 0 Å². The van der Waals surface area contributed by atoms with E-state index in [0.29, 0.717) is 6.61 Å². The van der Waals surface area contributed by atoms with Crippen LogP contribution in [0.15, 0.2) is 0 Å². The highest BCUT2D eigenvalue weighted by Gasteiger charge is 2.21. The van der Waals surface area contributed by atoms with Crippen molar-refractivity contribution in [3.8, 4) is 0 Å². The molecule has 60 valence electrons. The van der Waals surface area contributed by atoms with Gasteiger partial charge in [0, 0.05) is 6.61 Å².